The summed E-state index contributed by atoms with van der Waals surface area (Å²) in [5.74, 6) is -3.19. The lowest BCUT2D eigenvalue weighted by Gasteiger charge is -2.20. The highest BCUT2D eigenvalue weighted by atomic mass is 32.3. The van der Waals surface area contributed by atoms with E-state index in [1.165, 1.54) is 0 Å². The van der Waals surface area contributed by atoms with Crippen LogP contribution in [0.25, 0.3) is 0 Å². The maximum Gasteiger partial charge on any atom is 0.400 e. The van der Waals surface area contributed by atoms with Gasteiger partial charge in [-0.2, -0.15) is 8.42 Å². The van der Waals surface area contributed by atoms with Crippen molar-refractivity contribution in [1.82, 2.24) is 0 Å². The van der Waals surface area contributed by atoms with Crippen molar-refractivity contribution in [2.45, 2.75) is 5.92 Å². The summed E-state index contributed by atoms with van der Waals surface area (Å²) in [6.07, 6.45) is 0. The van der Waals surface area contributed by atoms with Crippen molar-refractivity contribution in [2.24, 2.45) is 0 Å². The molecule has 0 amide bonds. The molecule has 0 bridgehead atoms. The normalized spacial score (nSPS) is 29.8. The van der Waals surface area contributed by atoms with Gasteiger partial charge in [-0.15, -0.1) is 0 Å². The smallest absolute Gasteiger partial charge is 0.242 e. The second-order valence-electron chi connectivity index (χ2n) is 1.79. The van der Waals surface area contributed by atoms with E-state index in [1.807, 2.05) is 0 Å². The molecular weight excluding hydrogens is 170 g/mol. The topological polar surface area (TPSA) is 52.6 Å². The third kappa shape index (κ3) is 1.86. The average molecular weight is 174 g/mol. The lowest BCUT2D eigenvalue weighted by Crippen LogP contribution is -2.38. The van der Waals surface area contributed by atoms with E-state index < -0.39 is 29.5 Å². The molecule has 60 valence electrons. The Bertz CT molecular complexity index is 205. The maximum atomic E-state index is 12.0. The molecule has 0 aromatic carbocycles. The Labute approximate surface area is 56.1 Å². The monoisotopic (exact) mass is 174 g/mol. The molecule has 1 heterocycles. The van der Waals surface area contributed by atoms with E-state index in [0.717, 1.165) is 0 Å². The van der Waals surface area contributed by atoms with Gasteiger partial charge in [0, 0.05) is 0 Å². The second-order valence-corrected chi connectivity index (χ2v) is 3.08. The Balaban J connectivity index is 2.63. The molecule has 0 saturated carbocycles. The molecule has 4 nitrogen and oxygen atoms in total. The van der Waals surface area contributed by atoms with Gasteiger partial charge in [-0.1, -0.05) is 0 Å². The zero-order chi connectivity index (χ0) is 7.83. The SMILES string of the molecule is O=S1(=O)OCC(F)(F)CO1. The summed E-state index contributed by atoms with van der Waals surface area (Å²) >= 11 is 0. The van der Waals surface area contributed by atoms with Gasteiger partial charge in [0.15, 0.2) is 0 Å². The summed E-state index contributed by atoms with van der Waals surface area (Å²) in [6.45, 7) is -2.26. The summed E-state index contributed by atoms with van der Waals surface area (Å²) in [7, 11) is -4.13. The van der Waals surface area contributed by atoms with Gasteiger partial charge in [0.1, 0.15) is 13.2 Å². The van der Waals surface area contributed by atoms with Gasteiger partial charge in [0.2, 0.25) is 0 Å². The van der Waals surface area contributed by atoms with Crippen molar-refractivity contribution in [2.75, 3.05) is 13.2 Å². The summed E-state index contributed by atoms with van der Waals surface area (Å²) < 4.78 is 51.7. The van der Waals surface area contributed by atoms with Crippen LogP contribution in [0.2, 0.25) is 0 Å². The Hall–Kier alpha value is -0.270. The minimum atomic E-state index is -4.13. The summed E-state index contributed by atoms with van der Waals surface area (Å²) in [6, 6.07) is 0. The van der Waals surface area contributed by atoms with E-state index in [9.17, 15) is 17.2 Å². The van der Waals surface area contributed by atoms with Crippen molar-refractivity contribution in [3.05, 3.63) is 0 Å². The Morgan fingerprint density at radius 2 is 1.60 bits per heavy atom. The molecule has 1 saturated heterocycles. The van der Waals surface area contributed by atoms with E-state index in [4.69, 9.17) is 0 Å². The van der Waals surface area contributed by atoms with Crippen molar-refractivity contribution in [3.63, 3.8) is 0 Å². The lowest BCUT2D eigenvalue weighted by atomic mass is 10.4. The quantitative estimate of drug-likeness (QED) is 0.515. The van der Waals surface area contributed by atoms with Gasteiger partial charge < -0.3 is 0 Å². The molecule has 0 aromatic heterocycles. The molecule has 1 aliphatic heterocycles. The van der Waals surface area contributed by atoms with E-state index in [2.05, 4.69) is 8.37 Å². The van der Waals surface area contributed by atoms with Crippen LogP contribution in [-0.4, -0.2) is 27.6 Å². The molecule has 0 atom stereocenters. The highest BCUT2D eigenvalue weighted by Gasteiger charge is 2.39. The van der Waals surface area contributed by atoms with Crippen LogP contribution in [0, 0.1) is 0 Å². The Morgan fingerprint density at radius 1 is 1.20 bits per heavy atom. The minimum absolute atomic E-state index is 1.13. The first kappa shape index (κ1) is 7.83. The fourth-order valence-electron chi connectivity index (χ4n) is 0.392. The van der Waals surface area contributed by atoms with Crippen LogP contribution in [0.1, 0.15) is 0 Å². The molecule has 0 N–H and O–H groups in total. The van der Waals surface area contributed by atoms with E-state index >= 15 is 0 Å². The van der Waals surface area contributed by atoms with Crippen LogP contribution in [0.5, 0.6) is 0 Å². The zero-order valence-corrected chi connectivity index (χ0v) is 5.53. The summed E-state index contributed by atoms with van der Waals surface area (Å²) in [5.41, 5.74) is 0. The third-order valence-electron chi connectivity index (χ3n) is 0.829. The number of rotatable bonds is 0. The first-order valence-electron chi connectivity index (χ1n) is 2.33. The molecule has 0 aliphatic carbocycles. The molecule has 7 heteroatoms. The number of alkyl halides is 2. The van der Waals surface area contributed by atoms with Crippen LogP contribution >= 0.6 is 0 Å². The van der Waals surface area contributed by atoms with Crippen molar-refractivity contribution < 1.29 is 25.6 Å². The van der Waals surface area contributed by atoms with Gasteiger partial charge in [0.25, 0.3) is 5.92 Å². The highest BCUT2D eigenvalue weighted by Crippen LogP contribution is 2.21. The molecule has 1 rings (SSSR count). The largest absolute Gasteiger partial charge is 0.400 e. The number of hydrogen-bond acceptors (Lipinski definition) is 4. The molecule has 0 unspecified atom stereocenters. The molecule has 0 spiro atoms. The molecule has 1 aliphatic rings. The van der Waals surface area contributed by atoms with E-state index in [1.54, 1.807) is 0 Å². The van der Waals surface area contributed by atoms with Crippen molar-refractivity contribution in [3.8, 4) is 0 Å². The first-order chi connectivity index (χ1) is 4.41. The summed E-state index contributed by atoms with van der Waals surface area (Å²) in [4.78, 5) is 0. The van der Waals surface area contributed by atoms with E-state index in [0.29, 0.717) is 0 Å². The molecule has 0 radical (unpaired) electrons. The van der Waals surface area contributed by atoms with Crippen molar-refractivity contribution >= 4 is 10.4 Å². The van der Waals surface area contributed by atoms with Gasteiger partial charge in [-0.3, -0.25) is 0 Å². The van der Waals surface area contributed by atoms with Gasteiger partial charge >= 0.3 is 10.4 Å². The Kier molecular flexibility index (Phi) is 1.65. The molecular formula is C3H4F2O4S. The summed E-state index contributed by atoms with van der Waals surface area (Å²) in [5, 5.41) is 0. The fourth-order valence-corrected chi connectivity index (χ4v) is 1.09. The average Bonchev–Trinajstić information content (AvgIpc) is 1.79. The third-order valence-corrected chi connectivity index (χ3v) is 1.64. The second kappa shape index (κ2) is 2.11. The predicted molar refractivity (Wildman–Crippen MR) is 25.8 cm³/mol. The maximum absolute atomic E-state index is 12.0. The highest BCUT2D eigenvalue weighted by molar-refractivity contribution is 7.81. The Morgan fingerprint density at radius 3 is 1.90 bits per heavy atom. The number of hydrogen-bond donors (Lipinski definition) is 0. The zero-order valence-electron chi connectivity index (χ0n) is 4.71. The van der Waals surface area contributed by atoms with Gasteiger partial charge in [0.05, 0.1) is 0 Å². The van der Waals surface area contributed by atoms with Crippen LogP contribution in [0.15, 0.2) is 0 Å². The first-order valence-corrected chi connectivity index (χ1v) is 3.66. The molecule has 1 fully saturated rings. The van der Waals surface area contributed by atoms with Crippen LogP contribution < -0.4 is 0 Å². The standard InChI is InChI=1S/C3H4F2O4S/c4-3(5)1-8-10(6,7)9-2-3/h1-2H2. The lowest BCUT2D eigenvalue weighted by molar-refractivity contribution is -0.0989. The van der Waals surface area contributed by atoms with Crippen LogP contribution in [-0.2, 0) is 18.8 Å². The predicted octanol–water partition coefficient (Wildman–Crippen LogP) is -0.0867. The van der Waals surface area contributed by atoms with E-state index in [-0.39, 0.29) is 0 Å². The van der Waals surface area contributed by atoms with Crippen LogP contribution in [0.3, 0.4) is 0 Å². The molecule has 10 heavy (non-hydrogen) atoms. The van der Waals surface area contributed by atoms with Gasteiger partial charge in [-0.05, 0) is 0 Å². The van der Waals surface area contributed by atoms with Gasteiger partial charge in [-0.25, -0.2) is 17.1 Å². The fraction of sp³-hybridized carbons (Fsp3) is 1.00. The van der Waals surface area contributed by atoms with Crippen molar-refractivity contribution in [1.29, 1.82) is 0 Å². The van der Waals surface area contributed by atoms with Crippen LogP contribution in [0.4, 0.5) is 8.78 Å². The molecule has 0 aromatic rings. The minimum Gasteiger partial charge on any atom is -0.242 e. The number of halogens is 2.